The number of ether oxygens (including phenoxy) is 1. The van der Waals surface area contributed by atoms with E-state index in [4.69, 9.17) is 20.1 Å². The zero-order chi connectivity index (χ0) is 14.3. The number of hydrogen-bond donors (Lipinski definition) is 3. The molecular weight excluding hydrogens is 248 g/mol. The highest BCUT2D eigenvalue weighted by atomic mass is 17.0. The molecule has 0 spiro atoms. The molecule has 0 fully saturated rings. The van der Waals surface area contributed by atoms with Crippen LogP contribution in [0, 0.1) is 0 Å². The lowest BCUT2D eigenvalue weighted by Crippen LogP contribution is -2.45. The molecule has 1 atom stereocenters. The van der Waals surface area contributed by atoms with Gasteiger partial charge in [0.2, 0.25) is 0 Å². The predicted octanol–water partition coefficient (Wildman–Crippen LogP) is -0.308. The zero-order valence-corrected chi connectivity index (χ0v) is 12.5. The fourth-order valence-electron chi connectivity index (χ4n) is 1.47. The Hall–Kier alpha value is -0.280. The van der Waals surface area contributed by atoms with Gasteiger partial charge in [-0.1, -0.05) is 0 Å². The van der Waals surface area contributed by atoms with Crippen molar-refractivity contribution in [3.05, 3.63) is 0 Å². The van der Waals surface area contributed by atoms with Crippen LogP contribution in [0.5, 0.6) is 0 Å². The maximum absolute atomic E-state index is 5.61. The molecule has 0 aliphatic carbocycles. The van der Waals surface area contributed by atoms with E-state index in [9.17, 15) is 0 Å². The Balaban J connectivity index is 3.93. The molecule has 0 bridgehead atoms. The van der Waals surface area contributed by atoms with E-state index in [2.05, 4.69) is 10.6 Å². The number of nitrogens with two attached hydrogens (primary N) is 1. The number of hydroxylamine groups is 2. The Labute approximate surface area is 116 Å². The lowest BCUT2D eigenvalue weighted by Gasteiger charge is -2.28. The Morgan fingerprint density at radius 2 is 1.58 bits per heavy atom. The summed E-state index contributed by atoms with van der Waals surface area (Å²) in [6.07, 6.45) is -0.251. The zero-order valence-electron chi connectivity index (χ0n) is 12.5. The lowest BCUT2D eigenvalue weighted by atomic mass is 10.5. The Bertz CT molecular complexity index is 180. The summed E-state index contributed by atoms with van der Waals surface area (Å²) in [7, 11) is 0. The SMILES string of the molecule is CCOC(CNCCNCCN)N(OCC)OCC. The Morgan fingerprint density at radius 3 is 2.11 bits per heavy atom. The van der Waals surface area contributed by atoms with Gasteiger partial charge >= 0.3 is 0 Å². The maximum Gasteiger partial charge on any atom is 0.172 e. The van der Waals surface area contributed by atoms with E-state index in [1.165, 1.54) is 5.23 Å². The molecule has 1 unspecified atom stereocenters. The average molecular weight is 278 g/mol. The van der Waals surface area contributed by atoms with Gasteiger partial charge in [0.25, 0.3) is 0 Å². The molecule has 19 heavy (non-hydrogen) atoms. The van der Waals surface area contributed by atoms with Crippen LogP contribution in [-0.4, -0.2) is 64.0 Å². The van der Waals surface area contributed by atoms with Crippen LogP contribution in [0.2, 0.25) is 0 Å². The largest absolute Gasteiger partial charge is 0.357 e. The van der Waals surface area contributed by atoms with Gasteiger partial charge in [-0.2, -0.15) is 0 Å². The highest BCUT2D eigenvalue weighted by Gasteiger charge is 2.19. The third kappa shape index (κ3) is 10.2. The minimum atomic E-state index is -0.251. The predicted molar refractivity (Wildman–Crippen MR) is 75.3 cm³/mol. The molecule has 0 heterocycles. The van der Waals surface area contributed by atoms with E-state index in [1.54, 1.807) is 0 Å². The third-order valence-electron chi connectivity index (χ3n) is 2.23. The van der Waals surface area contributed by atoms with E-state index >= 15 is 0 Å². The fourth-order valence-corrected chi connectivity index (χ4v) is 1.47. The lowest BCUT2D eigenvalue weighted by molar-refractivity contribution is -0.419. The molecule has 7 heteroatoms. The van der Waals surface area contributed by atoms with Crippen molar-refractivity contribution >= 4 is 0 Å². The summed E-state index contributed by atoms with van der Waals surface area (Å²) in [6, 6.07) is 0. The monoisotopic (exact) mass is 278 g/mol. The van der Waals surface area contributed by atoms with Crippen molar-refractivity contribution in [2.24, 2.45) is 5.73 Å². The van der Waals surface area contributed by atoms with Crippen LogP contribution >= 0.6 is 0 Å². The second-order valence-corrected chi connectivity index (χ2v) is 3.77. The van der Waals surface area contributed by atoms with Crippen LogP contribution in [0.3, 0.4) is 0 Å². The molecule has 0 saturated carbocycles. The number of rotatable bonds is 14. The van der Waals surface area contributed by atoms with Gasteiger partial charge in [-0.25, -0.2) is 0 Å². The smallest absolute Gasteiger partial charge is 0.172 e. The quantitative estimate of drug-likeness (QED) is 0.228. The number of nitrogens with one attached hydrogen (secondary N) is 2. The second kappa shape index (κ2) is 14.1. The third-order valence-corrected chi connectivity index (χ3v) is 2.23. The minimum Gasteiger partial charge on any atom is -0.357 e. The molecule has 4 N–H and O–H groups in total. The molecule has 0 radical (unpaired) electrons. The summed E-state index contributed by atoms with van der Waals surface area (Å²) in [6.45, 7) is 11.3. The van der Waals surface area contributed by atoms with E-state index < -0.39 is 0 Å². The molecule has 0 aliphatic rings. The molecule has 0 aliphatic heterocycles. The molecular formula is C12H30N4O3. The van der Waals surface area contributed by atoms with E-state index in [0.29, 0.717) is 32.9 Å². The van der Waals surface area contributed by atoms with Crippen LogP contribution < -0.4 is 16.4 Å². The molecule has 0 aromatic heterocycles. The molecule has 0 aromatic rings. The van der Waals surface area contributed by atoms with E-state index in [-0.39, 0.29) is 6.23 Å². The second-order valence-electron chi connectivity index (χ2n) is 3.77. The van der Waals surface area contributed by atoms with Crippen molar-refractivity contribution in [3.63, 3.8) is 0 Å². The van der Waals surface area contributed by atoms with Crippen LogP contribution in [-0.2, 0) is 14.4 Å². The summed E-state index contributed by atoms with van der Waals surface area (Å²) < 4.78 is 5.61. The average Bonchev–Trinajstić information content (AvgIpc) is 2.41. The topological polar surface area (TPSA) is 81.0 Å². The standard InChI is InChI=1S/C12H30N4O3/c1-4-17-12(16(18-5-2)19-6-3)11-15-10-9-14-8-7-13/h12,14-15H,4-11,13H2,1-3H3. The van der Waals surface area contributed by atoms with E-state index in [0.717, 1.165) is 19.6 Å². The fraction of sp³-hybridized carbons (Fsp3) is 1.00. The summed E-state index contributed by atoms with van der Waals surface area (Å²) in [5, 5.41) is 7.95. The van der Waals surface area contributed by atoms with Gasteiger partial charge in [-0.15, -0.1) is 0 Å². The van der Waals surface area contributed by atoms with E-state index in [1.807, 2.05) is 20.8 Å². The van der Waals surface area contributed by atoms with Gasteiger partial charge in [0, 0.05) is 39.3 Å². The first-order valence-corrected chi connectivity index (χ1v) is 7.08. The van der Waals surface area contributed by atoms with Crippen molar-refractivity contribution in [3.8, 4) is 0 Å². The van der Waals surface area contributed by atoms with Crippen molar-refractivity contribution in [2.45, 2.75) is 27.0 Å². The maximum atomic E-state index is 5.61. The van der Waals surface area contributed by atoms with Gasteiger partial charge in [0.05, 0.1) is 13.2 Å². The first kappa shape index (κ1) is 18.7. The van der Waals surface area contributed by atoms with Crippen LogP contribution in [0.25, 0.3) is 0 Å². The van der Waals surface area contributed by atoms with Crippen molar-refractivity contribution in [2.75, 3.05) is 52.5 Å². The number of nitrogens with zero attached hydrogens (tertiary/aromatic N) is 1. The molecule has 0 amide bonds. The van der Waals surface area contributed by atoms with Gasteiger partial charge in [-0.3, -0.25) is 9.68 Å². The molecule has 0 aromatic carbocycles. The highest BCUT2D eigenvalue weighted by Crippen LogP contribution is 2.03. The first-order chi connectivity index (χ1) is 9.29. The summed E-state index contributed by atoms with van der Waals surface area (Å²) in [5.74, 6) is 0. The Kier molecular flexibility index (Phi) is 13.9. The van der Waals surface area contributed by atoms with Crippen molar-refractivity contribution < 1.29 is 14.4 Å². The van der Waals surface area contributed by atoms with Crippen LogP contribution in [0.4, 0.5) is 0 Å². The van der Waals surface area contributed by atoms with Gasteiger partial charge < -0.3 is 21.1 Å². The van der Waals surface area contributed by atoms with Crippen molar-refractivity contribution in [1.29, 1.82) is 0 Å². The van der Waals surface area contributed by atoms with Gasteiger partial charge in [0.15, 0.2) is 6.23 Å². The normalized spacial score (nSPS) is 13.1. The van der Waals surface area contributed by atoms with Gasteiger partial charge in [-0.05, 0) is 26.0 Å². The van der Waals surface area contributed by atoms with Crippen LogP contribution in [0.15, 0.2) is 0 Å². The molecule has 7 nitrogen and oxygen atoms in total. The van der Waals surface area contributed by atoms with Crippen molar-refractivity contribution in [1.82, 2.24) is 15.9 Å². The molecule has 0 rings (SSSR count). The Morgan fingerprint density at radius 1 is 0.947 bits per heavy atom. The van der Waals surface area contributed by atoms with Gasteiger partial charge in [0.1, 0.15) is 0 Å². The van der Waals surface area contributed by atoms with Crippen LogP contribution in [0.1, 0.15) is 20.8 Å². The number of hydrogen-bond acceptors (Lipinski definition) is 7. The molecule has 116 valence electrons. The first-order valence-electron chi connectivity index (χ1n) is 7.08. The minimum absolute atomic E-state index is 0.251. The molecule has 0 saturated heterocycles. The summed E-state index contributed by atoms with van der Waals surface area (Å²) in [5.41, 5.74) is 5.39. The summed E-state index contributed by atoms with van der Waals surface area (Å²) in [4.78, 5) is 10.8. The highest BCUT2D eigenvalue weighted by molar-refractivity contribution is 4.57. The summed E-state index contributed by atoms with van der Waals surface area (Å²) >= 11 is 0.